The van der Waals surface area contributed by atoms with E-state index >= 15 is 0 Å². The first kappa shape index (κ1) is 14.8. The zero-order chi connectivity index (χ0) is 15.9. The summed E-state index contributed by atoms with van der Waals surface area (Å²) >= 11 is 0. The molecule has 4 aliphatic carbocycles. The monoisotopic (exact) mass is 309 g/mol. The number of benzene rings is 1. The van der Waals surface area contributed by atoms with E-state index in [9.17, 15) is 4.79 Å². The minimum Gasteiger partial charge on any atom is -0.461 e. The van der Waals surface area contributed by atoms with Crippen LogP contribution >= 0.6 is 0 Å². The van der Waals surface area contributed by atoms with Gasteiger partial charge in [-0.3, -0.25) is 4.79 Å². The van der Waals surface area contributed by atoms with E-state index < -0.39 is 0 Å². The number of ether oxygens (including phenoxy) is 1. The summed E-state index contributed by atoms with van der Waals surface area (Å²) in [6.07, 6.45) is 8.43. The number of esters is 1. The van der Waals surface area contributed by atoms with Crippen LogP contribution in [-0.2, 0) is 16.1 Å². The van der Waals surface area contributed by atoms with Gasteiger partial charge in [0.2, 0.25) is 0 Å². The molecular formula is C20H23NO2. The van der Waals surface area contributed by atoms with E-state index in [2.05, 4.69) is 6.07 Å². The minimum absolute atomic E-state index is 0.0836. The molecule has 120 valence electrons. The summed E-state index contributed by atoms with van der Waals surface area (Å²) in [6.45, 7) is 0.217. The van der Waals surface area contributed by atoms with Crippen LogP contribution in [0.15, 0.2) is 24.3 Å². The molecule has 23 heavy (non-hydrogen) atoms. The van der Waals surface area contributed by atoms with Gasteiger partial charge in [-0.15, -0.1) is 0 Å². The molecule has 0 radical (unpaired) electrons. The highest BCUT2D eigenvalue weighted by molar-refractivity contribution is 5.70. The standard InChI is InChI=1S/C20H23NO2/c21-12-17-3-1-2-4-18(17)13-23-19(22)11-20-8-14-5-15(9-20)7-16(6-14)10-20/h1-4,14-16H,5-11,13H2. The Hall–Kier alpha value is -1.82. The molecule has 0 aliphatic heterocycles. The molecule has 4 saturated carbocycles. The van der Waals surface area contributed by atoms with E-state index in [4.69, 9.17) is 10.00 Å². The Kier molecular flexibility index (Phi) is 3.64. The lowest BCUT2D eigenvalue weighted by atomic mass is 9.49. The molecule has 0 amide bonds. The first-order valence-electron chi connectivity index (χ1n) is 8.79. The molecule has 0 spiro atoms. The second-order valence-corrected chi connectivity index (χ2v) is 8.02. The van der Waals surface area contributed by atoms with E-state index in [1.807, 2.05) is 18.2 Å². The third-order valence-corrected chi connectivity index (χ3v) is 6.21. The molecule has 0 saturated heterocycles. The number of carbonyl (C=O) groups is 1. The van der Waals surface area contributed by atoms with Crippen molar-refractivity contribution < 1.29 is 9.53 Å². The van der Waals surface area contributed by atoms with Crippen molar-refractivity contribution in [2.75, 3.05) is 0 Å². The lowest BCUT2D eigenvalue weighted by Gasteiger charge is -2.56. The van der Waals surface area contributed by atoms with Crippen LogP contribution in [-0.4, -0.2) is 5.97 Å². The quantitative estimate of drug-likeness (QED) is 0.783. The van der Waals surface area contributed by atoms with E-state index in [0.29, 0.717) is 12.0 Å². The van der Waals surface area contributed by atoms with E-state index in [1.54, 1.807) is 6.07 Å². The molecule has 0 aromatic heterocycles. The van der Waals surface area contributed by atoms with E-state index in [1.165, 1.54) is 38.5 Å². The number of nitriles is 1. The average molecular weight is 309 g/mol. The van der Waals surface area contributed by atoms with Crippen LogP contribution in [0, 0.1) is 34.5 Å². The molecule has 1 aromatic rings. The maximum absolute atomic E-state index is 12.4. The smallest absolute Gasteiger partial charge is 0.306 e. The third kappa shape index (κ3) is 2.87. The number of hydrogen-bond donors (Lipinski definition) is 0. The SMILES string of the molecule is N#Cc1ccccc1COC(=O)CC12CC3CC(CC(C3)C1)C2. The van der Waals surface area contributed by atoms with Crippen LogP contribution in [0.2, 0.25) is 0 Å². The summed E-state index contributed by atoms with van der Waals surface area (Å²) in [4.78, 5) is 12.4. The molecule has 3 heteroatoms. The summed E-state index contributed by atoms with van der Waals surface area (Å²) in [7, 11) is 0. The van der Waals surface area contributed by atoms with Gasteiger partial charge >= 0.3 is 5.97 Å². The highest BCUT2D eigenvalue weighted by Crippen LogP contribution is 2.61. The van der Waals surface area contributed by atoms with Crippen molar-refractivity contribution in [3.05, 3.63) is 35.4 Å². The maximum Gasteiger partial charge on any atom is 0.306 e. The fourth-order valence-corrected chi connectivity index (χ4v) is 5.78. The minimum atomic E-state index is -0.0836. The highest BCUT2D eigenvalue weighted by atomic mass is 16.5. The molecule has 0 unspecified atom stereocenters. The van der Waals surface area contributed by atoms with Gasteiger partial charge in [-0.05, 0) is 67.8 Å². The molecule has 0 N–H and O–H groups in total. The van der Waals surface area contributed by atoms with E-state index in [0.717, 1.165) is 23.3 Å². The molecule has 3 nitrogen and oxygen atoms in total. The Bertz CT molecular complexity index is 623. The lowest BCUT2D eigenvalue weighted by Crippen LogP contribution is -2.47. The number of carbonyl (C=O) groups excluding carboxylic acids is 1. The summed E-state index contributed by atoms with van der Waals surface area (Å²) in [5, 5.41) is 9.10. The Morgan fingerprint density at radius 3 is 2.35 bits per heavy atom. The van der Waals surface area contributed by atoms with Gasteiger partial charge in [-0.2, -0.15) is 5.26 Å². The highest BCUT2D eigenvalue weighted by Gasteiger charge is 2.51. The summed E-state index contributed by atoms with van der Waals surface area (Å²) < 4.78 is 5.52. The van der Waals surface area contributed by atoms with Crippen LogP contribution in [0.4, 0.5) is 0 Å². The first-order valence-corrected chi connectivity index (χ1v) is 8.79. The van der Waals surface area contributed by atoms with Crippen molar-refractivity contribution >= 4 is 5.97 Å². The number of nitrogens with zero attached hydrogens (tertiary/aromatic N) is 1. The third-order valence-electron chi connectivity index (χ3n) is 6.21. The predicted octanol–water partition coefficient (Wildman–Crippen LogP) is 4.21. The van der Waals surface area contributed by atoms with Gasteiger partial charge in [0, 0.05) is 5.56 Å². The molecule has 4 aliphatic rings. The van der Waals surface area contributed by atoms with Gasteiger partial charge in [-0.25, -0.2) is 0 Å². The summed E-state index contributed by atoms with van der Waals surface area (Å²) in [5.41, 5.74) is 1.62. The molecule has 4 fully saturated rings. The van der Waals surface area contributed by atoms with Crippen molar-refractivity contribution in [2.45, 2.75) is 51.6 Å². The Morgan fingerprint density at radius 1 is 1.13 bits per heavy atom. The summed E-state index contributed by atoms with van der Waals surface area (Å²) in [6, 6.07) is 9.49. The van der Waals surface area contributed by atoms with Crippen molar-refractivity contribution in [1.82, 2.24) is 0 Å². The van der Waals surface area contributed by atoms with Gasteiger partial charge in [0.05, 0.1) is 18.1 Å². The summed E-state index contributed by atoms with van der Waals surface area (Å²) in [5.74, 6) is 2.48. The van der Waals surface area contributed by atoms with Gasteiger partial charge in [0.25, 0.3) is 0 Å². The topological polar surface area (TPSA) is 50.1 Å². The second-order valence-electron chi connectivity index (χ2n) is 8.02. The second kappa shape index (κ2) is 5.67. The predicted molar refractivity (Wildman–Crippen MR) is 86.2 cm³/mol. The van der Waals surface area contributed by atoms with Gasteiger partial charge < -0.3 is 4.74 Å². The van der Waals surface area contributed by atoms with Crippen LogP contribution in [0.25, 0.3) is 0 Å². The Morgan fingerprint density at radius 2 is 1.74 bits per heavy atom. The van der Waals surface area contributed by atoms with Gasteiger partial charge in [0.1, 0.15) is 6.61 Å². The molecule has 0 heterocycles. The number of rotatable bonds is 4. The molecule has 0 atom stereocenters. The first-order chi connectivity index (χ1) is 11.2. The maximum atomic E-state index is 12.4. The van der Waals surface area contributed by atoms with Gasteiger partial charge in [-0.1, -0.05) is 18.2 Å². The molecule has 4 bridgehead atoms. The fourth-order valence-electron chi connectivity index (χ4n) is 5.78. The Labute approximate surface area is 137 Å². The fraction of sp³-hybridized carbons (Fsp3) is 0.600. The normalized spacial score (nSPS) is 34.1. The average Bonchev–Trinajstić information content (AvgIpc) is 2.51. The van der Waals surface area contributed by atoms with Crippen LogP contribution in [0.5, 0.6) is 0 Å². The largest absolute Gasteiger partial charge is 0.461 e. The van der Waals surface area contributed by atoms with Crippen LogP contribution < -0.4 is 0 Å². The van der Waals surface area contributed by atoms with Crippen molar-refractivity contribution in [3.63, 3.8) is 0 Å². The zero-order valence-corrected chi connectivity index (χ0v) is 13.5. The van der Waals surface area contributed by atoms with E-state index in [-0.39, 0.29) is 18.0 Å². The number of hydrogen-bond acceptors (Lipinski definition) is 3. The van der Waals surface area contributed by atoms with Crippen molar-refractivity contribution in [2.24, 2.45) is 23.2 Å². The zero-order valence-electron chi connectivity index (χ0n) is 13.5. The molecular weight excluding hydrogens is 286 g/mol. The van der Waals surface area contributed by atoms with Crippen molar-refractivity contribution in [1.29, 1.82) is 5.26 Å². The van der Waals surface area contributed by atoms with Gasteiger partial charge in [0.15, 0.2) is 0 Å². The van der Waals surface area contributed by atoms with Crippen LogP contribution in [0.3, 0.4) is 0 Å². The molecule has 5 rings (SSSR count). The van der Waals surface area contributed by atoms with Crippen LogP contribution in [0.1, 0.15) is 56.1 Å². The molecule has 1 aromatic carbocycles. The van der Waals surface area contributed by atoms with Crippen molar-refractivity contribution in [3.8, 4) is 6.07 Å². The lowest BCUT2D eigenvalue weighted by molar-refractivity contribution is -0.153. The Balaban J connectivity index is 1.38.